The molecule has 0 fully saturated rings. The Bertz CT molecular complexity index is 508. The Kier molecular flexibility index (Phi) is 7.16. The number of carboxylic acid groups (broad SMARTS) is 1. The van der Waals surface area contributed by atoms with Gasteiger partial charge in [0.15, 0.2) is 6.61 Å². The lowest BCUT2D eigenvalue weighted by Gasteiger charge is -2.14. The molecule has 22 heavy (non-hydrogen) atoms. The van der Waals surface area contributed by atoms with E-state index in [1.54, 1.807) is 18.2 Å². The van der Waals surface area contributed by atoms with Crippen LogP contribution < -0.4 is 10.1 Å². The van der Waals surface area contributed by atoms with E-state index in [0.29, 0.717) is 24.5 Å². The average Bonchev–Trinajstić information content (AvgIpc) is 2.49. The van der Waals surface area contributed by atoms with Crippen LogP contribution in [0.2, 0.25) is 0 Å². The first-order valence-electron chi connectivity index (χ1n) is 7.30. The number of carbonyl (C=O) groups is 2. The van der Waals surface area contributed by atoms with Crippen molar-refractivity contribution in [3.8, 4) is 5.75 Å². The molecule has 0 saturated carbocycles. The van der Waals surface area contributed by atoms with E-state index in [0.717, 1.165) is 0 Å². The number of hydrogen-bond acceptors (Lipinski definition) is 3. The molecule has 0 saturated heterocycles. The highest BCUT2D eigenvalue weighted by Gasteiger charge is 2.19. The molecule has 120 valence electrons. The molecule has 1 aromatic rings. The second kappa shape index (κ2) is 8.87. The first-order valence-corrected chi connectivity index (χ1v) is 7.30. The van der Waals surface area contributed by atoms with Gasteiger partial charge in [-0.15, -0.1) is 6.58 Å². The maximum Gasteiger partial charge on any atom is 0.326 e. The summed E-state index contributed by atoms with van der Waals surface area (Å²) in [7, 11) is 0. The molecule has 0 bridgehead atoms. The maximum atomic E-state index is 11.7. The first kappa shape index (κ1) is 17.8. The van der Waals surface area contributed by atoms with Crippen LogP contribution in [0.5, 0.6) is 5.75 Å². The van der Waals surface area contributed by atoms with Gasteiger partial charge < -0.3 is 15.2 Å². The number of aliphatic carboxylic acids is 1. The van der Waals surface area contributed by atoms with E-state index in [2.05, 4.69) is 25.7 Å². The van der Waals surface area contributed by atoms with Crippen molar-refractivity contribution in [3.63, 3.8) is 0 Å². The van der Waals surface area contributed by atoms with E-state index < -0.39 is 17.9 Å². The zero-order valence-corrected chi connectivity index (χ0v) is 13.0. The highest BCUT2D eigenvalue weighted by Crippen LogP contribution is 2.18. The SMILES string of the molecule is C=CCCC(NC(=O)COc1ccc(C(C)C)cc1)C(=O)O. The Labute approximate surface area is 131 Å². The molecular formula is C17H23NO4. The molecule has 1 aromatic carbocycles. The number of ether oxygens (including phenoxy) is 1. The highest BCUT2D eigenvalue weighted by molar-refractivity contribution is 5.84. The lowest BCUT2D eigenvalue weighted by molar-refractivity contribution is -0.142. The standard InChI is InChI=1S/C17H23NO4/c1-4-5-6-15(17(20)21)18-16(19)11-22-14-9-7-13(8-10-14)12(2)3/h4,7-10,12,15H,1,5-6,11H2,2-3H3,(H,18,19)(H,20,21). The van der Waals surface area contributed by atoms with Gasteiger partial charge in [-0.25, -0.2) is 4.79 Å². The number of rotatable bonds is 9. The number of carbonyl (C=O) groups excluding carboxylic acids is 1. The third kappa shape index (κ3) is 5.99. The molecule has 1 unspecified atom stereocenters. The topological polar surface area (TPSA) is 75.6 Å². The number of nitrogens with one attached hydrogen (secondary N) is 1. The third-order valence-corrected chi connectivity index (χ3v) is 3.21. The van der Waals surface area contributed by atoms with Crippen molar-refractivity contribution in [2.75, 3.05) is 6.61 Å². The Morgan fingerprint density at radius 1 is 1.32 bits per heavy atom. The van der Waals surface area contributed by atoms with Crippen LogP contribution in [0.15, 0.2) is 36.9 Å². The molecule has 1 amide bonds. The van der Waals surface area contributed by atoms with E-state index in [1.807, 2.05) is 12.1 Å². The van der Waals surface area contributed by atoms with Crippen LogP contribution in [0.3, 0.4) is 0 Å². The van der Waals surface area contributed by atoms with Gasteiger partial charge in [0.25, 0.3) is 5.91 Å². The minimum absolute atomic E-state index is 0.209. The zero-order valence-electron chi connectivity index (χ0n) is 13.0. The van der Waals surface area contributed by atoms with Crippen molar-refractivity contribution in [3.05, 3.63) is 42.5 Å². The fourth-order valence-electron chi connectivity index (χ4n) is 1.88. The smallest absolute Gasteiger partial charge is 0.326 e. The third-order valence-electron chi connectivity index (χ3n) is 3.21. The minimum atomic E-state index is -1.06. The van der Waals surface area contributed by atoms with Crippen molar-refractivity contribution in [2.24, 2.45) is 0 Å². The average molecular weight is 305 g/mol. The van der Waals surface area contributed by atoms with E-state index >= 15 is 0 Å². The van der Waals surface area contributed by atoms with Gasteiger partial charge >= 0.3 is 5.97 Å². The van der Waals surface area contributed by atoms with Crippen molar-refractivity contribution in [1.82, 2.24) is 5.32 Å². The lowest BCUT2D eigenvalue weighted by Crippen LogP contribution is -2.42. The zero-order chi connectivity index (χ0) is 16.5. The van der Waals surface area contributed by atoms with E-state index in [9.17, 15) is 9.59 Å². The van der Waals surface area contributed by atoms with Crippen molar-refractivity contribution in [2.45, 2.75) is 38.6 Å². The van der Waals surface area contributed by atoms with E-state index in [-0.39, 0.29) is 6.61 Å². The van der Waals surface area contributed by atoms with E-state index in [1.165, 1.54) is 5.56 Å². The Hall–Kier alpha value is -2.30. The minimum Gasteiger partial charge on any atom is -0.484 e. The van der Waals surface area contributed by atoms with Crippen LogP contribution in [0, 0.1) is 0 Å². The summed E-state index contributed by atoms with van der Waals surface area (Å²) in [5.74, 6) is -0.503. The van der Waals surface area contributed by atoms with Gasteiger partial charge in [0.1, 0.15) is 11.8 Å². The molecule has 2 N–H and O–H groups in total. The van der Waals surface area contributed by atoms with Gasteiger partial charge in [-0.2, -0.15) is 0 Å². The number of hydrogen-bond donors (Lipinski definition) is 2. The first-order chi connectivity index (χ1) is 10.4. The number of allylic oxidation sites excluding steroid dienone is 1. The molecule has 0 spiro atoms. The van der Waals surface area contributed by atoms with Crippen molar-refractivity contribution >= 4 is 11.9 Å². The molecule has 1 rings (SSSR count). The Morgan fingerprint density at radius 2 is 1.95 bits per heavy atom. The molecular weight excluding hydrogens is 282 g/mol. The van der Waals surface area contributed by atoms with Gasteiger partial charge in [0.05, 0.1) is 0 Å². The predicted octanol–water partition coefficient (Wildman–Crippen LogP) is 2.72. The molecule has 0 radical (unpaired) electrons. The fraction of sp³-hybridized carbons (Fsp3) is 0.412. The van der Waals surface area contributed by atoms with Crippen molar-refractivity contribution < 1.29 is 19.4 Å². The van der Waals surface area contributed by atoms with E-state index in [4.69, 9.17) is 9.84 Å². The molecule has 5 heteroatoms. The normalized spacial score (nSPS) is 11.8. The summed E-state index contributed by atoms with van der Waals surface area (Å²) in [6.45, 7) is 7.52. The lowest BCUT2D eigenvalue weighted by atomic mass is 10.0. The molecule has 0 aliphatic rings. The van der Waals surface area contributed by atoms with Gasteiger partial charge in [-0.3, -0.25) is 4.79 Å². The summed E-state index contributed by atoms with van der Waals surface area (Å²) in [4.78, 5) is 22.8. The summed E-state index contributed by atoms with van der Waals surface area (Å²) in [6.07, 6.45) is 2.46. The van der Waals surface area contributed by atoms with Gasteiger partial charge in [0, 0.05) is 0 Å². The van der Waals surface area contributed by atoms with Crippen LogP contribution in [-0.2, 0) is 9.59 Å². The monoisotopic (exact) mass is 305 g/mol. The maximum absolute atomic E-state index is 11.7. The summed E-state index contributed by atoms with van der Waals surface area (Å²) in [6, 6.07) is 6.58. The largest absolute Gasteiger partial charge is 0.484 e. The molecule has 0 aliphatic carbocycles. The van der Waals surface area contributed by atoms with Crippen LogP contribution in [0.4, 0.5) is 0 Å². The fourth-order valence-corrected chi connectivity index (χ4v) is 1.88. The van der Waals surface area contributed by atoms with Crippen LogP contribution in [0.25, 0.3) is 0 Å². The summed E-state index contributed by atoms with van der Waals surface area (Å²) >= 11 is 0. The number of amides is 1. The predicted molar refractivity (Wildman–Crippen MR) is 85.0 cm³/mol. The molecule has 0 aromatic heterocycles. The molecule has 0 aliphatic heterocycles. The highest BCUT2D eigenvalue weighted by atomic mass is 16.5. The second-order valence-corrected chi connectivity index (χ2v) is 5.34. The Morgan fingerprint density at radius 3 is 2.45 bits per heavy atom. The van der Waals surface area contributed by atoms with Crippen LogP contribution in [-0.4, -0.2) is 29.6 Å². The molecule has 0 heterocycles. The van der Waals surface area contributed by atoms with Gasteiger partial charge in [-0.1, -0.05) is 32.1 Å². The number of carboxylic acids is 1. The second-order valence-electron chi connectivity index (χ2n) is 5.34. The summed E-state index contributed by atoms with van der Waals surface area (Å²) in [5.41, 5.74) is 1.19. The van der Waals surface area contributed by atoms with Gasteiger partial charge in [-0.05, 0) is 36.5 Å². The molecule has 1 atom stereocenters. The quantitative estimate of drug-likeness (QED) is 0.688. The summed E-state index contributed by atoms with van der Waals surface area (Å²) in [5, 5.41) is 11.5. The van der Waals surface area contributed by atoms with Crippen LogP contribution >= 0.6 is 0 Å². The number of benzene rings is 1. The van der Waals surface area contributed by atoms with Gasteiger partial charge in [0.2, 0.25) is 0 Å². The summed E-state index contributed by atoms with van der Waals surface area (Å²) < 4.78 is 5.36. The van der Waals surface area contributed by atoms with Crippen LogP contribution in [0.1, 0.15) is 38.2 Å². The Balaban J connectivity index is 2.47. The molecule has 5 nitrogen and oxygen atoms in total. The van der Waals surface area contributed by atoms with Crippen molar-refractivity contribution in [1.29, 1.82) is 0 Å².